The molecule has 0 aromatic heterocycles. The van der Waals surface area contributed by atoms with Crippen molar-refractivity contribution in [3.63, 3.8) is 0 Å². The molecule has 0 aliphatic heterocycles. The minimum atomic E-state index is -1.12. The average molecular weight is 315 g/mol. The largest absolute Gasteiger partial charge is 0.380 e. The number of hydrogen-bond acceptors (Lipinski definition) is 2. The monoisotopic (exact) mass is 315 g/mol. The average Bonchev–Trinajstić information content (AvgIpc) is 2.68. The molecular formula is C22H21NO. The lowest BCUT2D eigenvalue weighted by Crippen LogP contribution is -2.31. The molecule has 3 aromatic rings. The van der Waals surface area contributed by atoms with E-state index < -0.39 is 5.60 Å². The SMILES string of the molecule is CN=C(CC(O)(c1ccccc1)c1ccccc1)c1ccccc1. The van der Waals surface area contributed by atoms with Crippen LogP contribution >= 0.6 is 0 Å². The first-order valence-electron chi connectivity index (χ1n) is 8.08. The van der Waals surface area contributed by atoms with Crippen LogP contribution in [-0.2, 0) is 5.60 Å². The van der Waals surface area contributed by atoms with Crippen molar-refractivity contribution in [3.8, 4) is 0 Å². The number of hydrogen-bond donors (Lipinski definition) is 1. The zero-order chi connectivity index (χ0) is 16.8. The predicted molar refractivity (Wildman–Crippen MR) is 99.4 cm³/mol. The molecule has 0 unspecified atom stereocenters. The van der Waals surface area contributed by atoms with E-state index in [1.165, 1.54) is 0 Å². The van der Waals surface area contributed by atoms with Gasteiger partial charge in [-0.05, 0) is 16.7 Å². The van der Waals surface area contributed by atoms with Crippen LogP contribution in [0.25, 0.3) is 0 Å². The summed E-state index contributed by atoms with van der Waals surface area (Å²) in [5, 5.41) is 11.6. The van der Waals surface area contributed by atoms with Crippen molar-refractivity contribution in [1.82, 2.24) is 0 Å². The molecular weight excluding hydrogens is 294 g/mol. The molecule has 0 aliphatic carbocycles. The minimum Gasteiger partial charge on any atom is -0.380 e. The highest BCUT2D eigenvalue weighted by Gasteiger charge is 2.33. The van der Waals surface area contributed by atoms with E-state index in [9.17, 15) is 5.11 Å². The minimum absolute atomic E-state index is 0.418. The van der Waals surface area contributed by atoms with Crippen molar-refractivity contribution in [1.29, 1.82) is 0 Å². The van der Waals surface area contributed by atoms with E-state index in [0.717, 1.165) is 22.4 Å². The van der Waals surface area contributed by atoms with Gasteiger partial charge in [0.05, 0.1) is 0 Å². The fourth-order valence-corrected chi connectivity index (χ4v) is 2.98. The van der Waals surface area contributed by atoms with Crippen LogP contribution < -0.4 is 0 Å². The van der Waals surface area contributed by atoms with Gasteiger partial charge < -0.3 is 5.11 Å². The number of aliphatic imine (C=N–C) groups is 1. The Morgan fingerprint density at radius 1 is 0.750 bits per heavy atom. The molecule has 0 amide bonds. The number of rotatable bonds is 5. The van der Waals surface area contributed by atoms with Gasteiger partial charge in [0.15, 0.2) is 0 Å². The molecule has 24 heavy (non-hydrogen) atoms. The third kappa shape index (κ3) is 3.29. The van der Waals surface area contributed by atoms with Crippen LogP contribution in [-0.4, -0.2) is 17.9 Å². The van der Waals surface area contributed by atoms with Crippen molar-refractivity contribution in [2.45, 2.75) is 12.0 Å². The van der Waals surface area contributed by atoms with Crippen molar-refractivity contribution in [3.05, 3.63) is 108 Å². The molecule has 0 saturated heterocycles. The van der Waals surface area contributed by atoms with Gasteiger partial charge in [-0.15, -0.1) is 0 Å². The molecule has 0 fully saturated rings. The summed E-state index contributed by atoms with van der Waals surface area (Å²) >= 11 is 0. The van der Waals surface area contributed by atoms with E-state index in [4.69, 9.17) is 0 Å². The van der Waals surface area contributed by atoms with Gasteiger partial charge >= 0.3 is 0 Å². The summed E-state index contributed by atoms with van der Waals surface area (Å²) in [6.07, 6.45) is 0.418. The zero-order valence-electron chi connectivity index (χ0n) is 13.8. The first-order valence-corrected chi connectivity index (χ1v) is 8.08. The molecule has 0 saturated carbocycles. The topological polar surface area (TPSA) is 32.6 Å². The van der Waals surface area contributed by atoms with Gasteiger partial charge in [-0.2, -0.15) is 0 Å². The summed E-state index contributed by atoms with van der Waals surface area (Å²) < 4.78 is 0. The Labute approximate surface area is 143 Å². The Hall–Kier alpha value is -2.71. The van der Waals surface area contributed by atoms with Gasteiger partial charge in [0, 0.05) is 19.2 Å². The standard InChI is InChI=1S/C22H21NO/c1-23-21(18-11-5-2-6-12-18)17-22(24,19-13-7-3-8-14-19)20-15-9-4-10-16-20/h2-16,24H,17H2,1H3. The maximum absolute atomic E-state index is 11.6. The van der Waals surface area contributed by atoms with E-state index in [1.807, 2.05) is 91.0 Å². The van der Waals surface area contributed by atoms with Crippen LogP contribution in [0.2, 0.25) is 0 Å². The lowest BCUT2D eigenvalue weighted by atomic mass is 9.81. The highest BCUT2D eigenvalue weighted by Crippen LogP contribution is 2.34. The quantitative estimate of drug-likeness (QED) is 0.694. The lowest BCUT2D eigenvalue weighted by molar-refractivity contribution is 0.0890. The summed E-state index contributed by atoms with van der Waals surface area (Å²) in [6, 6.07) is 29.6. The van der Waals surface area contributed by atoms with E-state index in [1.54, 1.807) is 7.05 Å². The van der Waals surface area contributed by atoms with Crippen molar-refractivity contribution in [2.75, 3.05) is 7.05 Å². The van der Waals surface area contributed by atoms with Crippen LogP contribution in [0, 0.1) is 0 Å². The first kappa shape index (κ1) is 16.2. The highest BCUT2D eigenvalue weighted by atomic mass is 16.3. The number of benzene rings is 3. The van der Waals surface area contributed by atoms with Gasteiger partial charge in [0.1, 0.15) is 5.60 Å². The van der Waals surface area contributed by atoms with Gasteiger partial charge in [-0.3, -0.25) is 4.99 Å². The lowest BCUT2D eigenvalue weighted by Gasteiger charge is -2.30. The maximum Gasteiger partial charge on any atom is 0.120 e. The predicted octanol–water partition coefficient (Wildman–Crippen LogP) is 4.43. The van der Waals surface area contributed by atoms with Crippen LogP contribution in [0.1, 0.15) is 23.1 Å². The maximum atomic E-state index is 11.6. The first-order chi connectivity index (χ1) is 11.7. The summed E-state index contributed by atoms with van der Waals surface area (Å²) in [4.78, 5) is 4.45. The van der Waals surface area contributed by atoms with Gasteiger partial charge in [-0.25, -0.2) is 0 Å². The molecule has 0 heterocycles. The van der Waals surface area contributed by atoms with Gasteiger partial charge in [-0.1, -0.05) is 91.0 Å². The number of nitrogens with zero attached hydrogens (tertiary/aromatic N) is 1. The van der Waals surface area contributed by atoms with Crippen LogP contribution in [0.15, 0.2) is 96.0 Å². The molecule has 0 bridgehead atoms. The molecule has 0 aliphatic rings. The molecule has 0 spiro atoms. The van der Waals surface area contributed by atoms with Crippen LogP contribution in [0.5, 0.6) is 0 Å². The molecule has 0 atom stereocenters. The third-order valence-corrected chi connectivity index (χ3v) is 4.30. The molecule has 3 rings (SSSR count). The molecule has 0 radical (unpaired) electrons. The van der Waals surface area contributed by atoms with E-state index >= 15 is 0 Å². The van der Waals surface area contributed by atoms with Crippen molar-refractivity contribution in [2.24, 2.45) is 4.99 Å². The number of aliphatic hydroxyl groups is 1. The second-order valence-electron chi connectivity index (χ2n) is 5.81. The van der Waals surface area contributed by atoms with E-state index in [0.29, 0.717) is 6.42 Å². The van der Waals surface area contributed by atoms with Gasteiger partial charge in [0.2, 0.25) is 0 Å². The Morgan fingerprint density at radius 3 is 1.58 bits per heavy atom. The van der Waals surface area contributed by atoms with Crippen LogP contribution in [0.4, 0.5) is 0 Å². The summed E-state index contributed by atoms with van der Waals surface area (Å²) in [7, 11) is 1.78. The Bertz CT molecular complexity index is 756. The fraction of sp³-hybridized carbons (Fsp3) is 0.136. The van der Waals surface area contributed by atoms with Gasteiger partial charge in [0.25, 0.3) is 0 Å². The third-order valence-electron chi connectivity index (χ3n) is 4.30. The smallest absolute Gasteiger partial charge is 0.120 e. The van der Waals surface area contributed by atoms with E-state index in [2.05, 4.69) is 4.99 Å². The fourth-order valence-electron chi connectivity index (χ4n) is 2.98. The normalized spacial score (nSPS) is 12.2. The molecule has 3 aromatic carbocycles. The second kappa shape index (κ2) is 7.24. The molecule has 2 heteroatoms. The van der Waals surface area contributed by atoms with Crippen molar-refractivity contribution < 1.29 is 5.11 Å². The highest BCUT2D eigenvalue weighted by molar-refractivity contribution is 6.01. The Kier molecular flexibility index (Phi) is 4.88. The summed E-state index contributed by atoms with van der Waals surface area (Å²) in [6.45, 7) is 0. The Balaban J connectivity index is 2.06. The second-order valence-corrected chi connectivity index (χ2v) is 5.81. The Morgan fingerprint density at radius 2 is 1.17 bits per heavy atom. The van der Waals surface area contributed by atoms with Crippen LogP contribution in [0.3, 0.4) is 0 Å². The van der Waals surface area contributed by atoms with E-state index in [-0.39, 0.29) is 0 Å². The molecule has 1 N–H and O–H groups in total. The van der Waals surface area contributed by atoms with Crippen molar-refractivity contribution >= 4 is 5.71 Å². The summed E-state index contributed by atoms with van der Waals surface area (Å²) in [5.41, 5.74) is 2.53. The zero-order valence-corrected chi connectivity index (χ0v) is 13.8. The summed E-state index contributed by atoms with van der Waals surface area (Å²) in [5.74, 6) is 0. The molecule has 120 valence electrons. The molecule has 2 nitrogen and oxygen atoms in total.